The first kappa shape index (κ1) is 14.8. The number of aliphatic hydroxyl groups excluding tert-OH is 2. The van der Waals surface area contributed by atoms with Crippen molar-refractivity contribution in [3.8, 4) is 0 Å². The van der Waals surface area contributed by atoms with Crippen LogP contribution in [0.2, 0.25) is 0 Å². The molecule has 3 atom stereocenters. The van der Waals surface area contributed by atoms with Crippen molar-refractivity contribution in [1.29, 1.82) is 0 Å². The summed E-state index contributed by atoms with van der Waals surface area (Å²) < 4.78 is 5.73. The third-order valence-electron chi connectivity index (χ3n) is 3.61. The van der Waals surface area contributed by atoms with Gasteiger partial charge in [-0.1, -0.05) is 30.3 Å². The molecule has 1 heterocycles. The van der Waals surface area contributed by atoms with Crippen LogP contribution >= 0.6 is 0 Å². The van der Waals surface area contributed by atoms with Gasteiger partial charge >= 0.3 is 6.09 Å². The van der Waals surface area contributed by atoms with Crippen molar-refractivity contribution in [3.63, 3.8) is 0 Å². The topological polar surface area (TPSA) is 90.2 Å². The zero-order valence-corrected chi connectivity index (χ0v) is 11.1. The monoisotopic (exact) mass is 281 g/mol. The van der Waals surface area contributed by atoms with E-state index in [0.29, 0.717) is 13.0 Å². The third-order valence-corrected chi connectivity index (χ3v) is 3.61. The Hall–Kier alpha value is -1.63. The van der Waals surface area contributed by atoms with Gasteiger partial charge < -0.3 is 20.1 Å². The number of amides is 1. The van der Waals surface area contributed by atoms with Crippen LogP contribution in [-0.2, 0) is 11.3 Å². The quantitative estimate of drug-likeness (QED) is 0.738. The molecule has 1 aliphatic rings. The minimum Gasteiger partial charge on any atom is -0.465 e. The molecule has 0 bridgehead atoms. The number of hydrogen-bond donors (Lipinski definition) is 3. The van der Waals surface area contributed by atoms with Crippen molar-refractivity contribution in [2.45, 2.75) is 31.2 Å². The molecule has 1 amide bonds. The SMILES string of the molecule is O=C(O)N1C(CO)CC(OCc2ccccc2)C1CO. The van der Waals surface area contributed by atoms with Crippen LogP contribution in [0.1, 0.15) is 12.0 Å². The van der Waals surface area contributed by atoms with Crippen LogP contribution in [0.25, 0.3) is 0 Å². The number of rotatable bonds is 5. The van der Waals surface area contributed by atoms with Crippen LogP contribution in [-0.4, -0.2) is 57.7 Å². The minimum absolute atomic E-state index is 0.270. The van der Waals surface area contributed by atoms with Crippen molar-refractivity contribution in [2.75, 3.05) is 13.2 Å². The highest BCUT2D eigenvalue weighted by Gasteiger charge is 2.44. The van der Waals surface area contributed by atoms with Gasteiger partial charge in [0.2, 0.25) is 0 Å². The van der Waals surface area contributed by atoms with E-state index >= 15 is 0 Å². The van der Waals surface area contributed by atoms with Crippen LogP contribution in [0.4, 0.5) is 4.79 Å². The van der Waals surface area contributed by atoms with Crippen LogP contribution in [0, 0.1) is 0 Å². The van der Waals surface area contributed by atoms with Gasteiger partial charge in [-0.2, -0.15) is 0 Å². The van der Waals surface area contributed by atoms with Crippen LogP contribution in [0.5, 0.6) is 0 Å². The summed E-state index contributed by atoms with van der Waals surface area (Å²) in [7, 11) is 0. The molecule has 0 spiro atoms. The fourth-order valence-corrected chi connectivity index (χ4v) is 2.61. The summed E-state index contributed by atoms with van der Waals surface area (Å²) in [6.45, 7) is -0.232. The van der Waals surface area contributed by atoms with E-state index in [9.17, 15) is 15.0 Å². The highest BCUT2D eigenvalue weighted by molar-refractivity contribution is 5.66. The van der Waals surface area contributed by atoms with E-state index in [1.165, 1.54) is 0 Å². The Morgan fingerprint density at radius 3 is 2.50 bits per heavy atom. The Bertz CT molecular complexity index is 438. The molecule has 1 aromatic rings. The number of carboxylic acid groups (broad SMARTS) is 1. The minimum atomic E-state index is -1.14. The van der Waals surface area contributed by atoms with Crippen LogP contribution < -0.4 is 0 Å². The molecule has 3 unspecified atom stereocenters. The first-order valence-electron chi connectivity index (χ1n) is 6.56. The second-order valence-corrected chi connectivity index (χ2v) is 4.85. The van der Waals surface area contributed by atoms with E-state index in [4.69, 9.17) is 9.84 Å². The van der Waals surface area contributed by atoms with Crippen LogP contribution in [0.15, 0.2) is 30.3 Å². The van der Waals surface area contributed by atoms with Gasteiger partial charge in [-0.05, 0) is 12.0 Å². The summed E-state index contributed by atoms with van der Waals surface area (Å²) in [5, 5.41) is 27.8. The second kappa shape index (κ2) is 6.69. The Morgan fingerprint density at radius 2 is 1.95 bits per heavy atom. The average Bonchev–Trinajstić information content (AvgIpc) is 2.84. The number of benzene rings is 1. The molecule has 0 radical (unpaired) electrons. The lowest BCUT2D eigenvalue weighted by molar-refractivity contribution is -0.000905. The summed E-state index contributed by atoms with van der Waals surface area (Å²) in [6.07, 6.45) is -1.16. The summed E-state index contributed by atoms with van der Waals surface area (Å²) in [5.74, 6) is 0. The van der Waals surface area contributed by atoms with E-state index in [1.54, 1.807) is 0 Å². The molecule has 1 aliphatic heterocycles. The molecular formula is C14H19NO5. The maximum atomic E-state index is 11.2. The van der Waals surface area contributed by atoms with Gasteiger partial charge in [-0.3, -0.25) is 4.90 Å². The first-order valence-corrected chi connectivity index (χ1v) is 6.56. The molecule has 0 aliphatic carbocycles. The summed E-state index contributed by atoms with van der Waals surface area (Å²) >= 11 is 0. The lowest BCUT2D eigenvalue weighted by Gasteiger charge is -2.26. The number of carbonyl (C=O) groups is 1. The van der Waals surface area contributed by atoms with Gasteiger partial charge in [-0.25, -0.2) is 4.79 Å². The fraction of sp³-hybridized carbons (Fsp3) is 0.500. The molecule has 0 saturated carbocycles. The molecule has 3 N–H and O–H groups in total. The Kier molecular flexibility index (Phi) is 4.94. The summed E-state index contributed by atoms with van der Waals surface area (Å²) in [6, 6.07) is 8.39. The Morgan fingerprint density at radius 1 is 1.25 bits per heavy atom. The van der Waals surface area contributed by atoms with E-state index < -0.39 is 24.3 Å². The van der Waals surface area contributed by atoms with Crippen molar-refractivity contribution in [2.24, 2.45) is 0 Å². The first-order chi connectivity index (χ1) is 9.67. The van der Waals surface area contributed by atoms with Gasteiger partial charge in [-0.15, -0.1) is 0 Å². The fourth-order valence-electron chi connectivity index (χ4n) is 2.61. The van der Waals surface area contributed by atoms with Crippen molar-refractivity contribution in [3.05, 3.63) is 35.9 Å². The van der Waals surface area contributed by atoms with Crippen LogP contribution in [0.3, 0.4) is 0 Å². The maximum absolute atomic E-state index is 11.2. The van der Waals surface area contributed by atoms with E-state index in [2.05, 4.69) is 0 Å². The zero-order valence-electron chi connectivity index (χ0n) is 11.1. The molecule has 1 aromatic carbocycles. The molecule has 0 aromatic heterocycles. The molecule has 6 heteroatoms. The van der Waals surface area contributed by atoms with E-state index in [0.717, 1.165) is 10.5 Å². The third kappa shape index (κ3) is 3.09. The zero-order chi connectivity index (χ0) is 14.5. The number of aliphatic hydroxyl groups is 2. The van der Waals surface area contributed by atoms with Gasteiger partial charge in [0.15, 0.2) is 0 Å². The van der Waals surface area contributed by atoms with Gasteiger partial charge in [0.1, 0.15) is 0 Å². The highest BCUT2D eigenvalue weighted by atomic mass is 16.5. The molecule has 6 nitrogen and oxygen atoms in total. The van der Waals surface area contributed by atoms with Crippen molar-refractivity contribution >= 4 is 6.09 Å². The predicted molar refractivity (Wildman–Crippen MR) is 71.2 cm³/mol. The largest absolute Gasteiger partial charge is 0.465 e. The second-order valence-electron chi connectivity index (χ2n) is 4.85. The molecule has 110 valence electrons. The summed E-state index contributed by atoms with van der Waals surface area (Å²) in [4.78, 5) is 12.3. The van der Waals surface area contributed by atoms with Gasteiger partial charge in [0, 0.05) is 0 Å². The Balaban J connectivity index is 2.02. The van der Waals surface area contributed by atoms with Crippen molar-refractivity contribution < 1.29 is 24.9 Å². The average molecular weight is 281 g/mol. The number of likely N-dealkylation sites (tertiary alicyclic amines) is 1. The number of ether oxygens (including phenoxy) is 1. The van der Waals surface area contributed by atoms with E-state index in [1.807, 2.05) is 30.3 Å². The number of nitrogens with zero attached hydrogens (tertiary/aromatic N) is 1. The van der Waals surface area contributed by atoms with E-state index in [-0.39, 0.29) is 13.2 Å². The molecule has 1 fully saturated rings. The smallest absolute Gasteiger partial charge is 0.408 e. The lowest BCUT2D eigenvalue weighted by Crippen LogP contribution is -2.46. The van der Waals surface area contributed by atoms with Gasteiger partial charge in [0.25, 0.3) is 0 Å². The molecule has 2 rings (SSSR count). The normalized spacial score (nSPS) is 25.9. The lowest BCUT2D eigenvalue weighted by atomic mass is 10.1. The molecular weight excluding hydrogens is 262 g/mol. The Labute approximate surface area is 117 Å². The molecule has 20 heavy (non-hydrogen) atoms. The summed E-state index contributed by atoms with van der Waals surface area (Å²) in [5.41, 5.74) is 0.985. The predicted octanol–water partition coefficient (Wildman–Crippen LogP) is 0.677. The number of hydrogen-bond acceptors (Lipinski definition) is 4. The van der Waals surface area contributed by atoms with Crippen molar-refractivity contribution in [1.82, 2.24) is 4.90 Å². The molecule has 1 saturated heterocycles. The standard InChI is InChI=1S/C14H19NO5/c16-7-11-6-13(12(8-17)15(11)14(18)19)20-9-10-4-2-1-3-5-10/h1-5,11-13,16-17H,6-9H2,(H,18,19). The van der Waals surface area contributed by atoms with Gasteiger partial charge in [0.05, 0.1) is 38.0 Å². The maximum Gasteiger partial charge on any atom is 0.408 e. The highest BCUT2D eigenvalue weighted by Crippen LogP contribution is 2.27.